The van der Waals surface area contributed by atoms with Crippen LogP contribution in [0.2, 0.25) is 0 Å². The van der Waals surface area contributed by atoms with Crippen LogP contribution in [0, 0.1) is 11.6 Å². The molecular formula is C20H16F2N4O2S. The van der Waals surface area contributed by atoms with E-state index in [9.17, 15) is 13.0 Å². The lowest BCUT2D eigenvalue weighted by molar-refractivity contribution is 0.607. The number of nitrogens with one attached hydrogen (secondary N) is 1. The molecule has 0 radical (unpaired) electrons. The highest BCUT2D eigenvalue weighted by molar-refractivity contribution is 7.98. The van der Waals surface area contributed by atoms with Crippen molar-refractivity contribution >= 4 is 37.7 Å². The highest BCUT2D eigenvalue weighted by Gasteiger charge is 2.15. The predicted molar refractivity (Wildman–Crippen MR) is 110 cm³/mol. The first-order valence-electron chi connectivity index (χ1n) is 8.46. The second-order valence-corrected chi connectivity index (χ2v) is 8.66. The highest BCUT2D eigenvalue weighted by atomic mass is 32.2. The molecule has 6 nitrogen and oxygen atoms in total. The van der Waals surface area contributed by atoms with Gasteiger partial charge in [0.1, 0.15) is 28.9 Å². The quantitative estimate of drug-likeness (QED) is 0.495. The largest absolute Gasteiger partial charge is 0.464 e. The molecule has 1 aromatic carbocycles. The lowest BCUT2D eigenvalue weighted by Gasteiger charge is -2.09. The van der Waals surface area contributed by atoms with Gasteiger partial charge in [0.25, 0.3) is 0 Å². The number of halogens is 2. The molecule has 0 aliphatic rings. The van der Waals surface area contributed by atoms with E-state index in [-0.39, 0.29) is 16.5 Å². The van der Waals surface area contributed by atoms with Crippen LogP contribution in [0.15, 0.2) is 59.5 Å². The Morgan fingerprint density at radius 3 is 2.66 bits per heavy atom. The van der Waals surface area contributed by atoms with Crippen LogP contribution in [0.1, 0.15) is 5.56 Å². The van der Waals surface area contributed by atoms with Gasteiger partial charge >= 0.3 is 0 Å². The summed E-state index contributed by atoms with van der Waals surface area (Å²) in [4.78, 5) is 8.20. The van der Waals surface area contributed by atoms with Gasteiger partial charge in [-0.15, -0.1) is 0 Å². The van der Waals surface area contributed by atoms with Crippen LogP contribution < -0.4 is 10.5 Å². The maximum atomic E-state index is 14.5. The average molecular weight is 414 g/mol. The standard InChI is InChI=1S/C20H16F2N4O2S/c1-29(23,27)11-12-4-6-24-18(8-12)26-19-9-15(17(22)10-25-19)13-2-3-16(21)14-5-7-28-20(13)14/h2-11H,1H3,(H2,23,27)(H,24,25,26). The molecule has 3 heterocycles. The monoisotopic (exact) mass is 414 g/mol. The Morgan fingerprint density at radius 1 is 1.07 bits per heavy atom. The maximum absolute atomic E-state index is 14.5. The van der Waals surface area contributed by atoms with E-state index in [0.717, 1.165) is 6.20 Å². The van der Waals surface area contributed by atoms with Gasteiger partial charge in [0.05, 0.1) is 17.8 Å². The summed E-state index contributed by atoms with van der Waals surface area (Å²) in [6.45, 7) is 0. The van der Waals surface area contributed by atoms with Crippen molar-refractivity contribution in [1.82, 2.24) is 9.97 Å². The third-order valence-corrected chi connectivity index (χ3v) is 4.86. The number of benzene rings is 1. The van der Waals surface area contributed by atoms with E-state index in [0.29, 0.717) is 22.8 Å². The predicted octanol–water partition coefficient (Wildman–Crippen LogP) is 3.85. The van der Waals surface area contributed by atoms with Crippen LogP contribution in [0.3, 0.4) is 0 Å². The van der Waals surface area contributed by atoms with Gasteiger partial charge in [0, 0.05) is 38.7 Å². The van der Waals surface area contributed by atoms with Crippen molar-refractivity contribution in [2.24, 2.45) is 5.14 Å². The normalized spacial score (nSPS) is 13.2. The minimum absolute atomic E-state index is 0.198. The molecule has 1 atom stereocenters. The fraction of sp³-hybridized carbons (Fsp3) is 0.0500. The van der Waals surface area contributed by atoms with Crippen molar-refractivity contribution in [3.8, 4) is 11.1 Å². The summed E-state index contributed by atoms with van der Waals surface area (Å²) in [6.07, 6.45) is 5.36. The molecule has 148 valence electrons. The summed E-state index contributed by atoms with van der Waals surface area (Å²) in [5, 5.41) is 10.2. The zero-order chi connectivity index (χ0) is 20.6. The zero-order valence-corrected chi connectivity index (χ0v) is 16.0. The van der Waals surface area contributed by atoms with E-state index in [1.165, 1.54) is 48.3 Å². The molecule has 3 aromatic heterocycles. The number of anilines is 2. The van der Waals surface area contributed by atoms with Crippen LogP contribution in [0.5, 0.6) is 0 Å². The number of pyridine rings is 2. The molecule has 0 amide bonds. The van der Waals surface area contributed by atoms with E-state index < -0.39 is 21.3 Å². The summed E-state index contributed by atoms with van der Waals surface area (Å²) in [5.41, 5.74) is 1.47. The zero-order valence-electron chi connectivity index (χ0n) is 15.2. The molecule has 1 unspecified atom stereocenters. The van der Waals surface area contributed by atoms with Crippen molar-refractivity contribution in [1.29, 1.82) is 0 Å². The molecule has 0 aliphatic carbocycles. The Morgan fingerprint density at radius 2 is 1.86 bits per heavy atom. The number of nitrogens with zero attached hydrogens (tertiary/aromatic N) is 2. The maximum Gasteiger partial charge on any atom is 0.149 e. The first kappa shape index (κ1) is 19.0. The molecule has 0 fully saturated rings. The molecule has 0 bridgehead atoms. The first-order valence-corrected chi connectivity index (χ1v) is 10.6. The Labute approximate surface area is 165 Å². The Kier molecular flexibility index (Phi) is 4.77. The third kappa shape index (κ3) is 4.10. The van der Waals surface area contributed by atoms with Crippen LogP contribution >= 0.6 is 0 Å². The number of nitrogens with two attached hydrogens (primary N) is 1. The summed E-state index contributed by atoms with van der Waals surface area (Å²) in [5.74, 6) is -0.298. The van der Waals surface area contributed by atoms with Gasteiger partial charge in [0.15, 0.2) is 0 Å². The number of aromatic nitrogens is 2. The van der Waals surface area contributed by atoms with Gasteiger partial charge < -0.3 is 9.73 Å². The van der Waals surface area contributed by atoms with Crippen molar-refractivity contribution in [3.05, 3.63) is 72.3 Å². The molecule has 0 spiro atoms. The number of hydrogen-bond donors (Lipinski definition) is 2. The van der Waals surface area contributed by atoms with Crippen LogP contribution in [0.25, 0.3) is 22.1 Å². The molecule has 3 N–H and O–H groups in total. The second kappa shape index (κ2) is 7.26. The van der Waals surface area contributed by atoms with E-state index >= 15 is 0 Å². The Hall–Kier alpha value is -3.30. The van der Waals surface area contributed by atoms with Crippen molar-refractivity contribution in [2.45, 2.75) is 0 Å². The minimum atomic E-state index is -2.57. The lowest BCUT2D eigenvalue weighted by Crippen LogP contribution is -2.13. The van der Waals surface area contributed by atoms with Gasteiger partial charge in [-0.3, -0.25) is 9.35 Å². The molecule has 29 heavy (non-hydrogen) atoms. The van der Waals surface area contributed by atoms with Gasteiger partial charge in [-0.05, 0) is 42.0 Å². The lowest BCUT2D eigenvalue weighted by atomic mass is 10.0. The van der Waals surface area contributed by atoms with E-state index in [2.05, 4.69) is 15.3 Å². The van der Waals surface area contributed by atoms with E-state index in [1.54, 1.807) is 12.1 Å². The van der Waals surface area contributed by atoms with Gasteiger partial charge in [-0.25, -0.2) is 18.7 Å². The summed E-state index contributed by atoms with van der Waals surface area (Å²) in [6, 6.07) is 8.99. The number of rotatable bonds is 4. The summed E-state index contributed by atoms with van der Waals surface area (Å²) in [7, 11) is -2.57. The first-order chi connectivity index (χ1) is 13.8. The number of fused-ring (bicyclic) bond motifs is 1. The fourth-order valence-electron chi connectivity index (χ4n) is 2.94. The number of furan rings is 1. The second-order valence-electron chi connectivity index (χ2n) is 6.49. The van der Waals surface area contributed by atoms with Crippen LogP contribution in [-0.2, 0) is 9.71 Å². The molecule has 0 saturated heterocycles. The van der Waals surface area contributed by atoms with Crippen molar-refractivity contribution in [2.75, 3.05) is 11.6 Å². The Balaban J connectivity index is 1.73. The fourth-order valence-corrected chi connectivity index (χ4v) is 3.63. The van der Waals surface area contributed by atoms with Gasteiger partial charge in [-0.1, -0.05) is 0 Å². The summed E-state index contributed by atoms with van der Waals surface area (Å²) >= 11 is 0. The molecule has 4 aromatic rings. The van der Waals surface area contributed by atoms with Gasteiger partial charge in [-0.2, -0.15) is 0 Å². The van der Waals surface area contributed by atoms with E-state index in [4.69, 9.17) is 9.56 Å². The molecule has 4 rings (SSSR count). The van der Waals surface area contributed by atoms with Gasteiger partial charge in [0.2, 0.25) is 0 Å². The molecule has 0 saturated carbocycles. The molecule has 9 heteroatoms. The van der Waals surface area contributed by atoms with E-state index in [1.807, 2.05) is 0 Å². The SMILES string of the molecule is CS(N)(=O)=Cc1ccnc(Nc2cc(-c3ccc(F)c4ccoc34)c(F)cn2)c1. The topological polar surface area (TPSA) is 94.0 Å². The Bertz CT molecular complexity index is 1340. The van der Waals surface area contributed by atoms with Crippen LogP contribution in [0.4, 0.5) is 20.4 Å². The smallest absolute Gasteiger partial charge is 0.149 e. The third-order valence-electron chi connectivity index (χ3n) is 4.12. The number of hydrogen-bond acceptors (Lipinski definition) is 5. The molecular weight excluding hydrogens is 398 g/mol. The molecule has 0 aliphatic heterocycles. The average Bonchev–Trinajstić information content (AvgIpc) is 3.14. The van der Waals surface area contributed by atoms with Crippen molar-refractivity contribution < 1.29 is 17.4 Å². The minimum Gasteiger partial charge on any atom is -0.464 e. The highest BCUT2D eigenvalue weighted by Crippen LogP contribution is 2.33. The summed E-state index contributed by atoms with van der Waals surface area (Å²) < 4.78 is 45.5. The van der Waals surface area contributed by atoms with Crippen LogP contribution in [-0.4, -0.2) is 25.8 Å². The van der Waals surface area contributed by atoms with Crippen molar-refractivity contribution in [3.63, 3.8) is 0 Å².